The summed E-state index contributed by atoms with van der Waals surface area (Å²) < 4.78 is 0. The van der Waals surface area contributed by atoms with Crippen molar-refractivity contribution in [2.75, 3.05) is 38.0 Å². The van der Waals surface area contributed by atoms with Crippen LogP contribution in [-0.4, -0.2) is 38.6 Å². The first-order valence-electron chi connectivity index (χ1n) is 9.33. The van der Waals surface area contributed by atoms with Crippen molar-refractivity contribution in [1.82, 2.24) is 0 Å². The van der Waals surface area contributed by atoms with Gasteiger partial charge in [-0.2, -0.15) is 0 Å². The van der Waals surface area contributed by atoms with Crippen LogP contribution in [0.3, 0.4) is 0 Å². The van der Waals surface area contributed by atoms with Crippen LogP contribution in [-0.2, 0) is 17.8 Å². The maximum absolute atomic E-state index is 12.3. The molecule has 0 atom stereocenters. The molecule has 132 valence electrons. The van der Waals surface area contributed by atoms with Crippen molar-refractivity contribution in [3.8, 4) is 0 Å². The third-order valence-corrected chi connectivity index (χ3v) is 5.02. The van der Waals surface area contributed by atoms with E-state index in [0.717, 1.165) is 44.8 Å². The van der Waals surface area contributed by atoms with Crippen LogP contribution in [0, 0.1) is 0 Å². The number of amides is 1. The minimum Gasteiger partial charge on any atom is -0.322 e. The molecular formula is C21H29N3O+2. The molecule has 0 aliphatic carbocycles. The fourth-order valence-electron chi connectivity index (χ4n) is 3.45. The predicted octanol–water partition coefficient (Wildman–Crippen LogP) is 0.171. The van der Waals surface area contributed by atoms with E-state index in [1.807, 2.05) is 12.1 Å². The lowest BCUT2D eigenvalue weighted by molar-refractivity contribution is -1.02. The summed E-state index contributed by atoms with van der Waals surface area (Å²) in [6.07, 6.45) is 1.02. The molecule has 3 rings (SSSR count). The number of hydrogen-bond acceptors (Lipinski definition) is 1. The van der Waals surface area contributed by atoms with E-state index in [4.69, 9.17) is 0 Å². The zero-order valence-electron chi connectivity index (χ0n) is 15.1. The van der Waals surface area contributed by atoms with Gasteiger partial charge in [0.05, 0.1) is 0 Å². The van der Waals surface area contributed by atoms with Gasteiger partial charge in [0, 0.05) is 11.3 Å². The molecule has 1 saturated heterocycles. The van der Waals surface area contributed by atoms with E-state index >= 15 is 0 Å². The first-order valence-corrected chi connectivity index (χ1v) is 9.33. The van der Waals surface area contributed by atoms with Gasteiger partial charge in [-0.3, -0.25) is 4.79 Å². The summed E-state index contributed by atoms with van der Waals surface area (Å²) in [6, 6.07) is 18.8. The highest BCUT2D eigenvalue weighted by molar-refractivity contribution is 5.91. The predicted molar refractivity (Wildman–Crippen MR) is 101 cm³/mol. The highest BCUT2D eigenvalue weighted by Crippen LogP contribution is 2.09. The number of hydrogen-bond donors (Lipinski definition) is 3. The molecular weight excluding hydrogens is 310 g/mol. The number of aryl methyl sites for hydroxylation is 1. The molecule has 2 aromatic rings. The Hall–Kier alpha value is -2.17. The fourth-order valence-corrected chi connectivity index (χ4v) is 3.45. The van der Waals surface area contributed by atoms with Gasteiger partial charge in [-0.25, -0.2) is 0 Å². The Morgan fingerprint density at radius 3 is 2.16 bits per heavy atom. The number of quaternary nitrogens is 2. The maximum Gasteiger partial charge on any atom is 0.279 e. The third kappa shape index (κ3) is 5.41. The molecule has 1 heterocycles. The van der Waals surface area contributed by atoms with Crippen molar-refractivity contribution in [1.29, 1.82) is 0 Å². The molecule has 1 fully saturated rings. The molecule has 0 saturated carbocycles. The van der Waals surface area contributed by atoms with Crippen LogP contribution >= 0.6 is 0 Å². The number of rotatable bonds is 6. The third-order valence-electron chi connectivity index (χ3n) is 5.02. The van der Waals surface area contributed by atoms with Gasteiger partial charge in [0.25, 0.3) is 5.91 Å². The van der Waals surface area contributed by atoms with Crippen LogP contribution < -0.4 is 15.1 Å². The largest absolute Gasteiger partial charge is 0.322 e. The molecule has 0 aromatic heterocycles. The highest BCUT2D eigenvalue weighted by Gasteiger charge is 2.24. The minimum atomic E-state index is 0.116. The normalized spacial score (nSPS) is 20.2. The maximum atomic E-state index is 12.3. The van der Waals surface area contributed by atoms with Gasteiger partial charge in [-0.1, -0.05) is 49.4 Å². The number of benzene rings is 2. The van der Waals surface area contributed by atoms with Gasteiger partial charge >= 0.3 is 0 Å². The van der Waals surface area contributed by atoms with Crippen molar-refractivity contribution < 1.29 is 14.6 Å². The minimum absolute atomic E-state index is 0.116. The van der Waals surface area contributed by atoms with Crippen LogP contribution in [0.2, 0.25) is 0 Å². The molecule has 0 bridgehead atoms. The second-order valence-electron chi connectivity index (χ2n) is 6.94. The van der Waals surface area contributed by atoms with Crippen LogP contribution in [0.1, 0.15) is 18.1 Å². The van der Waals surface area contributed by atoms with E-state index in [2.05, 4.69) is 54.7 Å². The molecule has 1 amide bonds. The fraction of sp³-hybridized carbons (Fsp3) is 0.381. The Kier molecular flexibility index (Phi) is 6.20. The highest BCUT2D eigenvalue weighted by atomic mass is 16.2. The topological polar surface area (TPSA) is 38.0 Å². The van der Waals surface area contributed by atoms with E-state index in [1.165, 1.54) is 16.0 Å². The van der Waals surface area contributed by atoms with Crippen molar-refractivity contribution >= 4 is 11.6 Å². The number of nitrogens with one attached hydrogen (secondary N) is 3. The van der Waals surface area contributed by atoms with E-state index < -0.39 is 0 Å². The van der Waals surface area contributed by atoms with Crippen molar-refractivity contribution in [3.63, 3.8) is 0 Å². The van der Waals surface area contributed by atoms with Crippen LogP contribution in [0.4, 0.5) is 5.69 Å². The zero-order chi connectivity index (χ0) is 17.5. The summed E-state index contributed by atoms with van der Waals surface area (Å²) in [7, 11) is 0. The Morgan fingerprint density at radius 1 is 0.880 bits per heavy atom. The van der Waals surface area contributed by atoms with Crippen LogP contribution in [0.5, 0.6) is 0 Å². The number of carbonyl (C=O) groups excluding carboxylic acids is 1. The monoisotopic (exact) mass is 339 g/mol. The second-order valence-corrected chi connectivity index (χ2v) is 6.94. The first kappa shape index (κ1) is 17.6. The molecule has 25 heavy (non-hydrogen) atoms. The summed E-state index contributed by atoms with van der Waals surface area (Å²) in [5, 5.41) is 3.02. The molecule has 1 aliphatic rings. The number of piperazine rings is 1. The number of anilines is 1. The summed E-state index contributed by atoms with van der Waals surface area (Å²) >= 11 is 0. The molecule has 0 spiro atoms. The smallest absolute Gasteiger partial charge is 0.279 e. The first-order chi connectivity index (χ1) is 12.2. The van der Waals surface area contributed by atoms with E-state index in [0.29, 0.717) is 6.54 Å². The van der Waals surface area contributed by atoms with Gasteiger partial charge in [0.1, 0.15) is 32.7 Å². The van der Waals surface area contributed by atoms with Gasteiger partial charge in [0.2, 0.25) is 0 Å². The average molecular weight is 339 g/mol. The molecule has 4 heteroatoms. The van der Waals surface area contributed by atoms with Crippen molar-refractivity contribution in [2.24, 2.45) is 0 Å². The lowest BCUT2D eigenvalue weighted by atomic mass is 10.1. The van der Waals surface area contributed by atoms with Crippen LogP contribution in [0.25, 0.3) is 0 Å². The SMILES string of the molecule is CCc1ccc(NC(=O)C[NH+]2CC[NH+](Cc3ccccc3)CC2)cc1. The van der Waals surface area contributed by atoms with E-state index in [-0.39, 0.29) is 5.91 Å². The van der Waals surface area contributed by atoms with Crippen molar-refractivity contribution in [2.45, 2.75) is 19.9 Å². The standard InChI is InChI=1S/C21H27N3O/c1-2-18-8-10-20(11-9-18)22-21(25)17-24-14-12-23(13-15-24)16-19-6-4-3-5-7-19/h3-11H,2,12-17H2,1H3,(H,22,25)/p+2. The summed E-state index contributed by atoms with van der Waals surface area (Å²) in [6.45, 7) is 8.16. The summed E-state index contributed by atoms with van der Waals surface area (Å²) in [5.41, 5.74) is 3.59. The van der Waals surface area contributed by atoms with Crippen molar-refractivity contribution in [3.05, 3.63) is 65.7 Å². The van der Waals surface area contributed by atoms with E-state index in [9.17, 15) is 4.79 Å². The van der Waals surface area contributed by atoms with Crippen LogP contribution in [0.15, 0.2) is 54.6 Å². The quantitative estimate of drug-likeness (QED) is 0.690. The van der Waals surface area contributed by atoms with E-state index in [1.54, 1.807) is 4.90 Å². The summed E-state index contributed by atoms with van der Waals surface area (Å²) in [5.74, 6) is 0.116. The average Bonchev–Trinajstić information content (AvgIpc) is 2.65. The number of carbonyl (C=O) groups is 1. The van der Waals surface area contributed by atoms with Gasteiger partial charge in [-0.05, 0) is 24.1 Å². The molecule has 0 unspecified atom stereocenters. The zero-order valence-corrected chi connectivity index (χ0v) is 15.1. The lowest BCUT2D eigenvalue weighted by Crippen LogP contribution is -3.28. The Balaban J connectivity index is 1.41. The summed E-state index contributed by atoms with van der Waals surface area (Å²) in [4.78, 5) is 15.3. The molecule has 0 radical (unpaired) electrons. The van der Waals surface area contributed by atoms with Gasteiger partial charge in [-0.15, -0.1) is 0 Å². The van der Waals surface area contributed by atoms with Gasteiger partial charge < -0.3 is 15.1 Å². The Morgan fingerprint density at radius 2 is 1.52 bits per heavy atom. The Bertz CT molecular complexity index is 661. The lowest BCUT2D eigenvalue weighted by Gasteiger charge is -2.29. The molecule has 3 N–H and O–H groups in total. The molecule has 1 aliphatic heterocycles. The van der Waals surface area contributed by atoms with Gasteiger partial charge in [0.15, 0.2) is 6.54 Å². The Labute approximate surface area is 150 Å². The molecule has 2 aromatic carbocycles. The molecule has 4 nitrogen and oxygen atoms in total. The second kappa shape index (κ2) is 8.79.